The van der Waals surface area contributed by atoms with Crippen molar-refractivity contribution in [1.29, 1.82) is 0 Å². The predicted octanol–water partition coefficient (Wildman–Crippen LogP) is 5.01. The fraction of sp³-hybridized carbons (Fsp3) is 0.105. The maximum Gasteiger partial charge on any atom is 0.342 e. The molecule has 0 spiro atoms. The lowest BCUT2D eigenvalue weighted by atomic mass is 10.2. The molecule has 0 saturated heterocycles. The van der Waals surface area contributed by atoms with Crippen LogP contribution in [0.2, 0.25) is 10.0 Å². The smallest absolute Gasteiger partial charge is 0.342 e. The normalized spacial score (nSPS) is 11.4. The minimum Gasteiger partial charge on any atom is -0.497 e. The number of aromatic amines is 1. The summed E-state index contributed by atoms with van der Waals surface area (Å²) in [6.45, 7) is 0. The minimum absolute atomic E-state index is 0.00277. The lowest BCUT2D eigenvalue weighted by Crippen LogP contribution is -1.97. The highest BCUT2D eigenvalue weighted by molar-refractivity contribution is 8.04. The molecule has 0 saturated carbocycles. The highest BCUT2D eigenvalue weighted by atomic mass is 35.5. The van der Waals surface area contributed by atoms with Crippen molar-refractivity contribution in [2.45, 2.75) is 5.16 Å². The van der Waals surface area contributed by atoms with E-state index >= 15 is 0 Å². The number of carboxylic acid groups (broad SMARTS) is 1. The largest absolute Gasteiger partial charge is 0.497 e. The van der Waals surface area contributed by atoms with Crippen molar-refractivity contribution in [1.82, 2.24) is 15.2 Å². The minimum atomic E-state index is -1.13. The Labute approximate surface area is 180 Å². The topological polar surface area (TPSA) is 97.3 Å². The van der Waals surface area contributed by atoms with E-state index in [1.54, 1.807) is 50.6 Å². The van der Waals surface area contributed by atoms with Gasteiger partial charge in [0.1, 0.15) is 16.4 Å². The highest BCUT2D eigenvalue weighted by Crippen LogP contribution is 2.32. The van der Waals surface area contributed by atoms with E-state index in [0.29, 0.717) is 38.5 Å². The molecule has 0 bridgehead atoms. The van der Waals surface area contributed by atoms with E-state index in [9.17, 15) is 9.90 Å². The average molecular weight is 452 g/mol. The number of nitrogens with one attached hydrogen (secondary N) is 1. The van der Waals surface area contributed by atoms with Crippen LogP contribution in [0.5, 0.6) is 11.5 Å². The fourth-order valence-corrected chi connectivity index (χ4v) is 3.52. The van der Waals surface area contributed by atoms with Gasteiger partial charge >= 0.3 is 5.97 Å². The summed E-state index contributed by atoms with van der Waals surface area (Å²) >= 11 is 12.9. The van der Waals surface area contributed by atoms with E-state index < -0.39 is 5.97 Å². The first-order valence-corrected chi connectivity index (χ1v) is 9.70. The molecule has 0 amide bonds. The van der Waals surface area contributed by atoms with Gasteiger partial charge in [0, 0.05) is 21.7 Å². The van der Waals surface area contributed by atoms with Crippen molar-refractivity contribution >= 4 is 47.0 Å². The zero-order valence-corrected chi connectivity index (χ0v) is 17.6. The summed E-state index contributed by atoms with van der Waals surface area (Å²) in [7, 11) is 3.10. The van der Waals surface area contributed by atoms with Gasteiger partial charge < -0.3 is 14.6 Å². The molecule has 0 radical (unpaired) electrons. The fourth-order valence-electron chi connectivity index (χ4n) is 2.36. The second kappa shape index (κ2) is 9.21. The summed E-state index contributed by atoms with van der Waals surface area (Å²) in [5, 5.41) is 17.5. The standard InChI is InChI=1S/C19H15Cl2N3O4S/c1-27-13-5-11(6-14(9-13)28-2)17-22-19(24-23-17)29-16(18(25)26)7-10-3-4-12(20)8-15(10)21/h3-9H,1-2H3,(H,25,26)(H,22,23,24)/b16-7-. The summed E-state index contributed by atoms with van der Waals surface area (Å²) in [5.41, 5.74) is 1.21. The van der Waals surface area contributed by atoms with Crippen LogP contribution in [0.4, 0.5) is 0 Å². The van der Waals surface area contributed by atoms with Crippen LogP contribution in [0, 0.1) is 0 Å². The molecule has 0 unspecified atom stereocenters. The van der Waals surface area contributed by atoms with Crippen molar-refractivity contribution in [3.63, 3.8) is 0 Å². The number of H-pyrrole nitrogens is 1. The van der Waals surface area contributed by atoms with Crippen molar-refractivity contribution in [2.75, 3.05) is 14.2 Å². The van der Waals surface area contributed by atoms with E-state index in [1.165, 1.54) is 6.08 Å². The molecule has 10 heteroatoms. The van der Waals surface area contributed by atoms with Gasteiger partial charge in [-0.05, 0) is 47.7 Å². The molecule has 1 aromatic heterocycles. The van der Waals surface area contributed by atoms with E-state index in [0.717, 1.165) is 11.8 Å². The number of rotatable bonds is 7. The Bertz CT molecular complexity index is 1060. The van der Waals surface area contributed by atoms with Gasteiger partial charge in [-0.1, -0.05) is 29.3 Å². The second-order valence-electron chi connectivity index (χ2n) is 5.65. The van der Waals surface area contributed by atoms with Crippen molar-refractivity contribution in [3.05, 3.63) is 56.9 Å². The third-order valence-corrected chi connectivity index (χ3v) is 5.19. The first-order chi connectivity index (χ1) is 13.9. The monoisotopic (exact) mass is 451 g/mol. The van der Waals surface area contributed by atoms with Gasteiger partial charge in [-0.3, -0.25) is 5.10 Å². The van der Waals surface area contributed by atoms with Crippen molar-refractivity contribution < 1.29 is 19.4 Å². The summed E-state index contributed by atoms with van der Waals surface area (Å²) in [6, 6.07) is 10.1. The Morgan fingerprint density at radius 3 is 2.41 bits per heavy atom. The molecule has 3 rings (SSSR count). The lowest BCUT2D eigenvalue weighted by Gasteiger charge is -2.06. The molecule has 0 fully saturated rings. The van der Waals surface area contributed by atoms with Crippen LogP contribution >= 0.6 is 35.0 Å². The average Bonchev–Trinajstić information content (AvgIpc) is 3.17. The number of thioether (sulfide) groups is 1. The second-order valence-corrected chi connectivity index (χ2v) is 7.50. The van der Waals surface area contributed by atoms with E-state index in [2.05, 4.69) is 15.2 Å². The third kappa shape index (κ3) is 5.23. The van der Waals surface area contributed by atoms with E-state index in [-0.39, 0.29) is 10.1 Å². The molecule has 29 heavy (non-hydrogen) atoms. The quantitative estimate of drug-likeness (QED) is 0.384. The molecule has 0 aliphatic heterocycles. The Kier molecular flexibility index (Phi) is 6.68. The summed E-state index contributed by atoms with van der Waals surface area (Å²) in [4.78, 5) is 16.0. The van der Waals surface area contributed by atoms with Gasteiger partial charge in [0.25, 0.3) is 0 Å². The first-order valence-electron chi connectivity index (χ1n) is 8.13. The number of aliphatic carboxylic acids is 1. The molecule has 7 nitrogen and oxygen atoms in total. The lowest BCUT2D eigenvalue weighted by molar-refractivity contribution is -0.131. The number of carbonyl (C=O) groups is 1. The van der Waals surface area contributed by atoms with Crippen LogP contribution in [0.3, 0.4) is 0 Å². The summed E-state index contributed by atoms with van der Waals surface area (Å²) in [5.74, 6) is 0.497. The number of nitrogens with zero attached hydrogens (tertiary/aromatic N) is 2. The molecule has 2 aromatic carbocycles. The number of hydrogen-bond donors (Lipinski definition) is 2. The Morgan fingerprint density at radius 1 is 1.14 bits per heavy atom. The van der Waals surface area contributed by atoms with Crippen LogP contribution in [0.1, 0.15) is 5.56 Å². The number of benzene rings is 2. The molecule has 150 valence electrons. The number of aromatic nitrogens is 3. The van der Waals surface area contributed by atoms with Gasteiger partial charge in [-0.2, -0.15) is 0 Å². The summed E-state index contributed by atoms with van der Waals surface area (Å²) < 4.78 is 10.5. The van der Waals surface area contributed by atoms with Gasteiger partial charge in [0.05, 0.1) is 14.2 Å². The predicted molar refractivity (Wildman–Crippen MR) is 113 cm³/mol. The Morgan fingerprint density at radius 2 is 1.83 bits per heavy atom. The molecular formula is C19H15Cl2N3O4S. The maximum absolute atomic E-state index is 11.7. The van der Waals surface area contributed by atoms with Crippen LogP contribution in [-0.4, -0.2) is 40.5 Å². The first kappa shape index (κ1) is 21.0. The van der Waals surface area contributed by atoms with E-state index in [4.69, 9.17) is 32.7 Å². The number of carboxylic acids is 1. The number of methoxy groups -OCH3 is 2. The van der Waals surface area contributed by atoms with Crippen molar-refractivity contribution in [3.8, 4) is 22.9 Å². The van der Waals surface area contributed by atoms with Crippen LogP contribution in [-0.2, 0) is 4.79 Å². The molecule has 0 aliphatic rings. The van der Waals surface area contributed by atoms with Gasteiger partial charge in [-0.25, -0.2) is 9.78 Å². The van der Waals surface area contributed by atoms with Gasteiger partial charge in [0.2, 0.25) is 5.16 Å². The number of hydrogen-bond acceptors (Lipinski definition) is 6. The van der Waals surface area contributed by atoms with Crippen LogP contribution in [0.15, 0.2) is 46.5 Å². The van der Waals surface area contributed by atoms with Crippen LogP contribution in [0.25, 0.3) is 17.5 Å². The molecule has 0 aliphatic carbocycles. The molecular weight excluding hydrogens is 437 g/mol. The van der Waals surface area contributed by atoms with Gasteiger partial charge in [0.15, 0.2) is 5.82 Å². The molecule has 3 aromatic rings. The highest BCUT2D eigenvalue weighted by Gasteiger charge is 2.16. The van der Waals surface area contributed by atoms with E-state index in [1.807, 2.05) is 0 Å². The van der Waals surface area contributed by atoms with Crippen LogP contribution < -0.4 is 9.47 Å². The molecule has 2 N–H and O–H groups in total. The third-order valence-electron chi connectivity index (χ3n) is 3.75. The SMILES string of the molecule is COc1cc(OC)cc(-c2nc(S/C(=C\c3ccc(Cl)cc3Cl)C(=O)O)n[nH]2)c1. The Balaban J connectivity index is 1.89. The zero-order valence-electron chi connectivity index (χ0n) is 15.3. The summed E-state index contributed by atoms with van der Waals surface area (Å²) in [6.07, 6.45) is 1.44. The molecule has 0 atom stereocenters. The maximum atomic E-state index is 11.7. The number of ether oxygens (including phenoxy) is 2. The number of halogens is 2. The Hall–Kier alpha value is -2.68. The molecule has 1 heterocycles. The zero-order chi connectivity index (χ0) is 21.0. The van der Waals surface area contributed by atoms with Gasteiger partial charge in [-0.15, -0.1) is 5.10 Å². The van der Waals surface area contributed by atoms with Crippen molar-refractivity contribution in [2.24, 2.45) is 0 Å².